The van der Waals surface area contributed by atoms with Gasteiger partial charge in [0.05, 0.1) is 11.8 Å². The van der Waals surface area contributed by atoms with E-state index in [0.29, 0.717) is 5.25 Å². The maximum Gasteiger partial charge on any atom is 0.0931 e. The number of pyridine rings is 1. The van der Waals surface area contributed by atoms with Crippen molar-refractivity contribution < 1.29 is 5.11 Å². The first-order valence-electron chi connectivity index (χ1n) is 4.94. The molecule has 0 aliphatic carbocycles. The fraction of sp³-hybridized carbons (Fsp3) is 0.545. The second kappa shape index (κ2) is 5.37. The third-order valence-electron chi connectivity index (χ3n) is 2.10. The van der Waals surface area contributed by atoms with Gasteiger partial charge in [0.25, 0.3) is 0 Å². The second-order valence-corrected chi connectivity index (χ2v) is 4.94. The Kier molecular flexibility index (Phi) is 4.42. The molecule has 0 saturated heterocycles. The monoisotopic (exact) mass is 211 g/mol. The van der Waals surface area contributed by atoms with Gasteiger partial charge in [0.1, 0.15) is 0 Å². The van der Waals surface area contributed by atoms with Crippen molar-refractivity contribution in [2.75, 3.05) is 0 Å². The SMILES string of the molecule is CCC(C)Sc1ccc(C(C)O)nc1. The van der Waals surface area contributed by atoms with Crippen molar-refractivity contribution in [3.05, 3.63) is 24.0 Å². The summed E-state index contributed by atoms with van der Waals surface area (Å²) in [5.41, 5.74) is 0.735. The molecule has 0 aromatic carbocycles. The van der Waals surface area contributed by atoms with Crippen molar-refractivity contribution in [2.24, 2.45) is 0 Å². The molecule has 0 saturated carbocycles. The van der Waals surface area contributed by atoms with E-state index >= 15 is 0 Å². The Morgan fingerprint density at radius 1 is 1.43 bits per heavy atom. The molecule has 14 heavy (non-hydrogen) atoms. The summed E-state index contributed by atoms with van der Waals surface area (Å²) in [7, 11) is 0. The zero-order chi connectivity index (χ0) is 10.6. The van der Waals surface area contributed by atoms with Crippen LogP contribution in [-0.2, 0) is 0 Å². The predicted octanol–water partition coefficient (Wildman–Crippen LogP) is 3.03. The molecule has 0 bridgehead atoms. The van der Waals surface area contributed by atoms with E-state index in [1.54, 1.807) is 6.92 Å². The van der Waals surface area contributed by atoms with Gasteiger partial charge in [-0.1, -0.05) is 13.8 Å². The third-order valence-corrected chi connectivity index (χ3v) is 3.35. The molecule has 2 nitrogen and oxygen atoms in total. The Morgan fingerprint density at radius 3 is 2.57 bits per heavy atom. The molecule has 2 unspecified atom stereocenters. The summed E-state index contributed by atoms with van der Waals surface area (Å²) in [4.78, 5) is 5.36. The van der Waals surface area contributed by atoms with Crippen molar-refractivity contribution in [2.45, 2.75) is 43.4 Å². The molecule has 0 aliphatic heterocycles. The lowest BCUT2D eigenvalue weighted by Gasteiger charge is -2.08. The van der Waals surface area contributed by atoms with Gasteiger partial charge in [0.15, 0.2) is 0 Å². The number of aliphatic hydroxyl groups is 1. The van der Waals surface area contributed by atoms with Gasteiger partial charge in [-0.15, -0.1) is 11.8 Å². The van der Waals surface area contributed by atoms with Gasteiger partial charge in [-0.25, -0.2) is 0 Å². The van der Waals surface area contributed by atoms with E-state index in [4.69, 9.17) is 0 Å². The van der Waals surface area contributed by atoms with E-state index in [1.165, 1.54) is 4.90 Å². The van der Waals surface area contributed by atoms with Crippen LogP contribution in [0.2, 0.25) is 0 Å². The van der Waals surface area contributed by atoms with E-state index in [0.717, 1.165) is 12.1 Å². The maximum atomic E-state index is 9.27. The molecule has 0 spiro atoms. The summed E-state index contributed by atoms with van der Waals surface area (Å²) in [5, 5.41) is 9.89. The lowest BCUT2D eigenvalue weighted by Crippen LogP contribution is -1.96. The van der Waals surface area contributed by atoms with Gasteiger partial charge in [-0.3, -0.25) is 4.98 Å². The van der Waals surface area contributed by atoms with Crippen LogP contribution < -0.4 is 0 Å². The van der Waals surface area contributed by atoms with Crippen LogP contribution in [0.25, 0.3) is 0 Å². The van der Waals surface area contributed by atoms with E-state index in [-0.39, 0.29) is 0 Å². The van der Waals surface area contributed by atoms with Crippen LogP contribution in [0.15, 0.2) is 23.2 Å². The molecule has 1 heterocycles. The Balaban J connectivity index is 2.64. The third kappa shape index (κ3) is 3.31. The minimum absolute atomic E-state index is 0.474. The quantitative estimate of drug-likeness (QED) is 0.777. The van der Waals surface area contributed by atoms with Crippen LogP contribution in [0.5, 0.6) is 0 Å². The number of thioether (sulfide) groups is 1. The van der Waals surface area contributed by atoms with E-state index in [2.05, 4.69) is 18.8 Å². The molecule has 1 N–H and O–H groups in total. The van der Waals surface area contributed by atoms with Gasteiger partial charge in [-0.05, 0) is 25.5 Å². The average Bonchev–Trinajstić information content (AvgIpc) is 2.18. The molecule has 0 radical (unpaired) electrons. The predicted molar refractivity (Wildman–Crippen MR) is 60.5 cm³/mol. The standard InChI is InChI=1S/C11H17NOS/c1-4-8(2)14-10-5-6-11(9(3)13)12-7-10/h5-9,13H,4H2,1-3H3. The topological polar surface area (TPSA) is 33.1 Å². The summed E-state index contributed by atoms with van der Waals surface area (Å²) in [6, 6.07) is 3.90. The van der Waals surface area contributed by atoms with Crippen LogP contribution in [0.1, 0.15) is 39.0 Å². The molecule has 2 atom stereocenters. The lowest BCUT2D eigenvalue weighted by atomic mass is 10.2. The minimum atomic E-state index is -0.474. The van der Waals surface area contributed by atoms with Gasteiger partial charge in [0.2, 0.25) is 0 Å². The largest absolute Gasteiger partial charge is 0.387 e. The second-order valence-electron chi connectivity index (χ2n) is 3.43. The number of aliphatic hydroxyl groups excluding tert-OH is 1. The average molecular weight is 211 g/mol. The smallest absolute Gasteiger partial charge is 0.0931 e. The van der Waals surface area contributed by atoms with Gasteiger partial charge in [-0.2, -0.15) is 0 Å². The fourth-order valence-corrected chi connectivity index (χ4v) is 1.92. The number of nitrogens with zero attached hydrogens (tertiary/aromatic N) is 1. The molecular weight excluding hydrogens is 194 g/mol. The van der Waals surface area contributed by atoms with E-state index in [9.17, 15) is 5.11 Å². The molecule has 3 heteroatoms. The van der Waals surface area contributed by atoms with Crippen molar-refractivity contribution in [3.8, 4) is 0 Å². The first-order chi connectivity index (χ1) is 6.63. The first-order valence-corrected chi connectivity index (χ1v) is 5.82. The number of rotatable bonds is 4. The molecule has 1 rings (SSSR count). The van der Waals surface area contributed by atoms with E-state index in [1.807, 2.05) is 30.1 Å². The molecule has 1 aromatic heterocycles. The summed E-state index contributed by atoms with van der Waals surface area (Å²) >= 11 is 1.82. The molecule has 78 valence electrons. The number of aromatic nitrogens is 1. The van der Waals surface area contributed by atoms with Crippen molar-refractivity contribution >= 4 is 11.8 Å². The van der Waals surface area contributed by atoms with Gasteiger partial charge in [0, 0.05) is 16.3 Å². The normalized spacial score (nSPS) is 15.1. The highest BCUT2D eigenvalue weighted by Gasteiger charge is 2.04. The summed E-state index contributed by atoms with van der Waals surface area (Å²) in [5.74, 6) is 0. The fourth-order valence-electron chi connectivity index (χ4n) is 1.02. The molecule has 0 amide bonds. The highest BCUT2D eigenvalue weighted by molar-refractivity contribution is 7.99. The Bertz CT molecular complexity index is 271. The van der Waals surface area contributed by atoms with E-state index < -0.39 is 6.10 Å². The highest BCUT2D eigenvalue weighted by atomic mass is 32.2. The van der Waals surface area contributed by atoms with Crippen LogP contribution in [0.3, 0.4) is 0 Å². The first kappa shape index (κ1) is 11.5. The summed E-state index contributed by atoms with van der Waals surface area (Å²) in [6.07, 6.45) is 2.51. The number of hydrogen-bond donors (Lipinski definition) is 1. The van der Waals surface area contributed by atoms with Crippen LogP contribution in [-0.4, -0.2) is 15.3 Å². The maximum absolute atomic E-state index is 9.27. The van der Waals surface area contributed by atoms with Gasteiger partial charge < -0.3 is 5.11 Å². The lowest BCUT2D eigenvalue weighted by molar-refractivity contribution is 0.194. The minimum Gasteiger partial charge on any atom is -0.387 e. The highest BCUT2D eigenvalue weighted by Crippen LogP contribution is 2.24. The van der Waals surface area contributed by atoms with Crippen molar-refractivity contribution in [3.63, 3.8) is 0 Å². The Labute approximate surface area is 89.8 Å². The Hall–Kier alpha value is -0.540. The Morgan fingerprint density at radius 2 is 2.14 bits per heavy atom. The molecule has 0 fully saturated rings. The summed E-state index contributed by atoms with van der Waals surface area (Å²) in [6.45, 7) is 6.10. The van der Waals surface area contributed by atoms with Crippen molar-refractivity contribution in [1.82, 2.24) is 4.98 Å². The summed E-state index contributed by atoms with van der Waals surface area (Å²) < 4.78 is 0. The van der Waals surface area contributed by atoms with Crippen LogP contribution in [0.4, 0.5) is 0 Å². The number of hydrogen-bond acceptors (Lipinski definition) is 3. The van der Waals surface area contributed by atoms with Crippen molar-refractivity contribution in [1.29, 1.82) is 0 Å². The zero-order valence-electron chi connectivity index (χ0n) is 8.90. The molecule has 0 aliphatic rings. The van der Waals surface area contributed by atoms with Gasteiger partial charge >= 0.3 is 0 Å². The zero-order valence-corrected chi connectivity index (χ0v) is 9.71. The molecule has 1 aromatic rings. The van der Waals surface area contributed by atoms with Crippen LogP contribution >= 0.6 is 11.8 Å². The van der Waals surface area contributed by atoms with Crippen LogP contribution in [0, 0.1) is 0 Å². The molecular formula is C11H17NOS.